The molecule has 2 nitrogen and oxygen atoms in total. The number of hydrogen-bond acceptors (Lipinski definition) is 2. The van der Waals surface area contributed by atoms with Crippen LogP contribution in [0.2, 0.25) is 0 Å². The molecule has 0 heterocycles. The number of unbranched alkanes of at least 4 members (excludes halogenated alkanes) is 1. The quantitative estimate of drug-likeness (QED) is 0.703. The van der Waals surface area contributed by atoms with E-state index in [1.54, 1.807) is 0 Å². The topological polar surface area (TPSA) is 32.3 Å². The van der Waals surface area contributed by atoms with E-state index in [0.29, 0.717) is 12.5 Å². The number of hydrogen-bond donors (Lipinski definition) is 2. The van der Waals surface area contributed by atoms with Crippen molar-refractivity contribution in [2.45, 2.75) is 71.9 Å². The number of nitrogens with one attached hydrogen (secondary N) is 1. The van der Waals surface area contributed by atoms with Crippen molar-refractivity contribution >= 4 is 0 Å². The summed E-state index contributed by atoms with van der Waals surface area (Å²) < 4.78 is 0. The lowest BCUT2D eigenvalue weighted by Crippen LogP contribution is -2.39. The summed E-state index contributed by atoms with van der Waals surface area (Å²) in [5, 5.41) is 13.8. The predicted octanol–water partition coefficient (Wildman–Crippen LogP) is 4.48. The van der Waals surface area contributed by atoms with E-state index in [-0.39, 0.29) is 6.04 Å². The van der Waals surface area contributed by atoms with Crippen molar-refractivity contribution in [2.75, 3.05) is 6.54 Å². The molecule has 0 spiro atoms. The number of aryl methyl sites for hydroxylation is 1. The second kappa shape index (κ2) is 8.55. The zero-order chi connectivity index (χ0) is 15.9. The van der Waals surface area contributed by atoms with Crippen molar-refractivity contribution in [3.63, 3.8) is 0 Å². The summed E-state index contributed by atoms with van der Waals surface area (Å²) >= 11 is 0. The molecule has 2 atom stereocenters. The molecule has 0 bridgehead atoms. The van der Waals surface area contributed by atoms with Crippen LogP contribution in [0.5, 0.6) is 0 Å². The van der Waals surface area contributed by atoms with E-state index in [1.165, 1.54) is 30.4 Å². The largest absolute Gasteiger partial charge is 0.389 e. The standard InChI is InChI=1S/C19H33NO/c1-6-7-8-17-9-11-18(12-10-17)16(4)20-14-19(5,21)13-15(2)3/h9-12,15-16,20-21H,6-8,13-14H2,1-5H3. The molecule has 0 fully saturated rings. The number of rotatable bonds is 9. The number of aliphatic hydroxyl groups is 1. The van der Waals surface area contributed by atoms with Crippen molar-refractivity contribution in [2.24, 2.45) is 5.92 Å². The van der Waals surface area contributed by atoms with Gasteiger partial charge in [0, 0.05) is 12.6 Å². The second-order valence-electron chi connectivity index (χ2n) is 7.04. The van der Waals surface area contributed by atoms with Gasteiger partial charge in [-0.15, -0.1) is 0 Å². The summed E-state index contributed by atoms with van der Waals surface area (Å²) in [7, 11) is 0. The first kappa shape index (κ1) is 18.2. The Morgan fingerprint density at radius 2 is 1.76 bits per heavy atom. The van der Waals surface area contributed by atoms with Crippen LogP contribution in [0.3, 0.4) is 0 Å². The molecule has 120 valence electrons. The lowest BCUT2D eigenvalue weighted by atomic mass is 9.93. The zero-order valence-electron chi connectivity index (χ0n) is 14.4. The molecule has 2 unspecified atom stereocenters. The number of benzene rings is 1. The van der Waals surface area contributed by atoms with E-state index in [1.807, 2.05) is 6.92 Å². The molecule has 21 heavy (non-hydrogen) atoms. The van der Waals surface area contributed by atoms with Gasteiger partial charge < -0.3 is 10.4 Å². The van der Waals surface area contributed by atoms with Crippen molar-refractivity contribution in [3.05, 3.63) is 35.4 Å². The van der Waals surface area contributed by atoms with Crippen molar-refractivity contribution in [1.29, 1.82) is 0 Å². The Labute approximate surface area is 131 Å². The molecule has 0 saturated carbocycles. The first-order chi connectivity index (χ1) is 9.84. The van der Waals surface area contributed by atoms with Crippen LogP contribution in [0.25, 0.3) is 0 Å². The average Bonchev–Trinajstić information content (AvgIpc) is 2.42. The van der Waals surface area contributed by atoms with Crippen molar-refractivity contribution < 1.29 is 5.11 Å². The maximum Gasteiger partial charge on any atom is 0.0746 e. The molecular weight excluding hydrogens is 258 g/mol. The molecule has 2 heteroatoms. The first-order valence-corrected chi connectivity index (χ1v) is 8.38. The fourth-order valence-electron chi connectivity index (χ4n) is 2.80. The van der Waals surface area contributed by atoms with E-state index in [0.717, 1.165) is 6.42 Å². The van der Waals surface area contributed by atoms with Crippen LogP contribution in [0.15, 0.2) is 24.3 Å². The van der Waals surface area contributed by atoms with Gasteiger partial charge in [-0.3, -0.25) is 0 Å². The van der Waals surface area contributed by atoms with Gasteiger partial charge in [0.1, 0.15) is 0 Å². The second-order valence-corrected chi connectivity index (χ2v) is 7.04. The molecule has 0 saturated heterocycles. The van der Waals surface area contributed by atoms with E-state index >= 15 is 0 Å². The van der Waals surface area contributed by atoms with Gasteiger partial charge in [0.15, 0.2) is 0 Å². The zero-order valence-corrected chi connectivity index (χ0v) is 14.4. The van der Waals surface area contributed by atoms with Crippen LogP contribution in [-0.4, -0.2) is 17.3 Å². The van der Waals surface area contributed by atoms with E-state index in [4.69, 9.17) is 0 Å². The SMILES string of the molecule is CCCCc1ccc(C(C)NCC(C)(O)CC(C)C)cc1. The maximum atomic E-state index is 10.4. The van der Waals surface area contributed by atoms with Crippen LogP contribution >= 0.6 is 0 Å². The molecule has 0 aromatic heterocycles. The summed E-state index contributed by atoms with van der Waals surface area (Å²) in [6, 6.07) is 9.15. The minimum atomic E-state index is -0.635. The highest BCUT2D eigenvalue weighted by atomic mass is 16.3. The Balaban J connectivity index is 2.49. The molecular formula is C19H33NO. The Bertz CT molecular complexity index is 395. The normalized spacial score (nSPS) is 16.0. The molecule has 1 rings (SSSR count). The van der Waals surface area contributed by atoms with E-state index in [2.05, 4.69) is 57.3 Å². The van der Waals surface area contributed by atoms with Gasteiger partial charge in [0.05, 0.1) is 5.60 Å². The molecule has 0 aliphatic rings. The fourth-order valence-corrected chi connectivity index (χ4v) is 2.80. The van der Waals surface area contributed by atoms with Crippen LogP contribution in [0.4, 0.5) is 0 Å². The molecule has 1 aromatic carbocycles. The van der Waals surface area contributed by atoms with Gasteiger partial charge in [-0.1, -0.05) is 51.5 Å². The molecule has 1 aromatic rings. The Hall–Kier alpha value is -0.860. The molecule has 2 N–H and O–H groups in total. The lowest BCUT2D eigenvalue weighted by molar-refractivity contribution is 0.0363. The molecule has 0 amide bonds. The fraction of sp³-hybridized carbons (Fsp3) is 0.684. The summed E-state index contributed by atoms with van der Waals surface area (Å²) in [5.41, 5.74) is 2.07. The van der Waals surface area contributed by atoms with Gasteiger partial charge in [0.25, 0.3) is 0 Å². The monoisotopic (exact) mass is 291 g/mol. The van der Waals surface area contributed by atoms with Crippen LogP contribution < -0.4 is 5.32 Å². The Kier molecular flexibility index (Phi) is 7.41. The smallest absolute Gasteiger partial charge is 0.0746 e. The van der Waals surface area contributed by atoms with Crippen molar-refractivity contribution in [3.8, 4) is 0 Å². The lowest BCUT2D eigenvalue weighted by Gasteiger charge is -2.27. The first-order valence-electron chi connectivity index (χ1n) is 8.38. The van der Waals surface area contributed by atoms with Crippen LogP contribution in [0.1, 0.15) is 71.0 Å². The Morgan fingerprint density at radius 1 is 1.14 bits per heavy atom. The average molecular weight is 291 g/mol. The Morgan fingerprint density at radius 3 is 2.29 bits per heavy atom. The third kappa shape index (κ3) is 7.10. The van der Waals surface area contributed by atoms with Gasteiger partial charge in [-0.05, 0) is 50.2 Å². The summed E-state index contributed by atoms with van der Waals surface area (Å²) in [6.45, 7) is 11.2. The van der Waals surface area contributed by atoms with Gasteiger partial charge in [0.2, 0.25) is 0 Å². The highest BCUT2D eigenvalue weighted by Gasteiger charge is 2.22. The summed E-state index contributed by atoms with van der Waals surface area (Å²) in [6.07, 6.45) is 4.49. The minimum Gasteiger partial charge on any atom is -0.389 e. The highest BCUT2D eigenvalue weighted by Crippen LogP contribution is 2.19. The predicted molar refractivity (Wildman–Crippen MR) is 91.6 cm³/mol. The van der Waals surface area contributed by atoms with Crippen LogP contribution in [0, 0.1) is 5.92 Å². The van der Waals surface area contributed by atoms with Gasteiger partial charge >= 0.3 is 0 Å². The minimum absolute atomic E-state index is 0.267. The highest BCUT2D eigenvalue weighted by molar-refractivity contribution is 5.24. The summed E-state index contributed by atoms with van der Waals surface area (Å²) in [4.78, 5) is 0. The van der Waals surface area contributed by atoms with E-state index < -0.39 is 5.60 Å². The van der Waals surface area contributed by atoms with Crippen molar-refractivity contribution in [1.82, 2.24) is 5.32 Å². The van der Waals surface area contributed by atoms with Gasteiger partial charge in [-0.25, -0.2) is 0 Å². The van der Waals surface area contributed by atoms with E-state index in [9.17, 15) is 5.11 Å². The third-order valence-corrected chi connectivity index (χ3v) is 3.94. The molecule has 0 aliphatic carbocycles. The molecule has 0 radical (unpaired) electrons. The van der Waals surface area contributed by atoms with Crippen LogP contribution in [-0.2, 0) is 6.42 Å². The summed E-state index contributed by atoms with van der Waals surface area (Å²) in [5.74, 6) is 0.509. The third-order valence-electron chi connectivity index (χ3n) is 3.94. The van der Waals surface area contributed by atoms with Gasteiger partial charge in [-0.2, -0.15) is 0 Å². The molecule has 0 aliphatic heterocycles. The maximum absolute atomic E-state index is 10.4.